The van der Waals surface area contributed by atoms with Crippen molar-refractivity contribution < 1.29 is 9.84 Å². The van der Waals surface area contributed by atoms with Gasteiger partial charge in [-0.05, 0) is 42.8 Å². The Morgan fingerprint density at radius 1 is 0.867 bits per heavy atom. The number of hydrogen-bond donors (Lipinski definition) is 1. The fraction of sp³-hybridized carbons (Fsp3) is 0.333. The third-order valence-corrected chi connectivity index (χ3v) is 4.78. The van der Waals surface area contributed by atoms with Gasteiger partial charge < -0.3 is 9.84 Å². The van der Waals surface area contributed by atoms with Gasteiger partial charge in [0, 0.05) is 10.9 Å². The van der Waals surface area contributed by atoms with Crippen molar-refractivity contribution in [2.75, 3.05) is 0 Å². The van der Waals surface area contributed by atoms with Crippen molar-refractivity contribution in [3.8, 4) is 16.9 Å². The van der Waals surface area contributed by atoms with Crippen LogP contribution in [0.25, 0.3) is 28.0 Å². The average molecular weight is 400 g/mol. The molecular formula is C27H33BO2. The summed E-state index contributed by atoms with van der Waals surface area (Å²) in [5.74, 6) is 0.764. The van der Waals surface area contributed by atoms with Gasteiger partial charge in [-0.2, -0.15) is 0 Å². The summed E-state index contributed by atoms with van der Waals surface area (Å²) in [6, 6.07) is 18.1. The van der Waals surface area contributed by atoms with E-state index >= 15 is 0 Å². The minimum Gasteiger partial charge on any atom is -0.492 e. The predicted octanol–water partition coefficient (Wildman–Crippen LogP) is 7.08. The lowest BCUT2D eigenvalue weighted by atomic mass is 9.77. The Balaban J connectivity index is 0.000000757. The van der Waals surface area contributed by atoms with E-state index in [0.717, 1.165) is 38.8 Å². The summed E-state index contributed by atoms with van der Waals surface area (Å²) in [5, 5.41) is 13.0. The summed E-state index contributed by atoms with van der Waals surface area (Å²) in [6.07, 6.45) is 3.88. The first-order valence-corrected chi connectivity index (χ1v) is 10.8. The first-order valence-electron chi connectivity index (χ1n) is 10.8. The zero-order valence-corrected chi connectivity index (χ0v) is 19.3. The topological polar surface area (TPSA) is 29.5 Å². The number of benzene rings is 3. The van der Waals surface area contributed by atoms with Crippen molar-refractivity contribution in [3.63, 3.8) is 0 Å². The molecule has 2 radical (unpaired) electrons. The van der Waals surface area contributed by atoms with E-state index in [1.807, 2.05) is 103 Å². The number of aliphatic hydroxyl groups is 1. The minimum absolute atomic E-state index is 0.764. The Morgan fingerprint density at radius 3 is 1.97 bits per heavy atom. The molecule has 1 unspecified atom stereocenters. The molecule has 0 spiro atoms. The molecule has 0 bridgehead atoms. The van der Waals surface area contributed by atoms with Gasteiger partial charge in [-0.15, -0.1) is 0 Å². The lowest BCUT2D eigenvalue weighted by molar-refractivity contribution is 0.0807. The maximum atomic E-state index is 11.0. The Labute approximate surface area is 183 Å². The van der Waals surface area contributed by atoms with Gasteiger partial charge in [0.05, 0.1) is 11.1 Å². The van der Waals surface area contributed by atoms with Crippen LogP contribution >= 0.6 is 0 Å². The van der Waals surface area contributed by atoms with Crippen LogP contribution in [0.2, 0.25) is 0 Å². The molecule has 0 saturated carbocycles. The van der Waals surface area contributed by atoms with Gasteiger partial charge in [0.2, 0.25) is 0 Å². The average Bonchev–Trinajstić information content (AvgIpc) is 2.75. The van der Waals surface area contributed by atoms with Crippen LogP contribution in [0.15, 0.2) is 60.7 Å². The second-order valence-electron chi connectivity index (χ2n) is 7.58. The molecule has 1 heterocycles. The Morgan fingerprint density at radius 2 is 1.40 bits per heavy atom. The van der Waals surface area contributed by atoms with E-state index in [-0.39, 0.29) is 0 Å². The molecule has 3 aromatic rings. The SMILES string of the molecule is CC.CC.[B]C1(C)C=Cc2c(-c3ccccc3)c(C(C)(C)O)c3ccccc3c2O1. The van der Waals surface area contributed by atoms with E-state index in [0.29, 0.717) is 0 Å². The van der Waals surface area contributed by atoms with E-state index in [9.17, 15) is 5.11 Å². The quantitative estimate of drug-likeness (QED) is 0.466. The van der Waals surface area contributed by atoms with Crippen LogP contribution in [0.4, 0.5) is 0 Å². The number of ether oxygens (including phenoxy) is 1. The normalized spacial score (nSPS) is 17.1. The maximum Gasteiger partial charge on any atom is 0.137 e. The van der Waals surface area contributed by atoms with Crippen LogP contribution < -0.4 is 4.74 Å². The highest BCUT2D eigenvalue weighted by atomic mass is 16.5. The third kappa shape index (κ3) is 4.62. The lowest BCUT2D eigenvalue weighted by Gasteiger charge is -2.34. The highest BCUT2D eigenvalue weighted by Crippen LogP contribution is 2.48. The number of hydrogen-bond acceptors (Lipinski definition) is 2. The van der Waals surface area contributed by atoms with Crippen LogP contribution in [-0.4, -0.2) is 18.5 Å². The van der Waals surface area contributed by atoms with Gasteiger partial charge in [-0.3, -0.25) is 0 Å². The third-order valence-electron chi connectivity index (χ3n) is 4.78. The van der Waals surface area contributed by atoms with Crippen LogP contribution in [0.1, 0.15) is 59.6 Å². The highest BCUT2D eigenvalue weighted by molar-refractivity contribution is 6.17. The molecule has 0 fully saturated rings. The minimum atomic E-state index is -1.02. The molecule has 4 rings (SSSR count). The van der Waals surface area contributed by atoms with E-state index < -0.39 is 11.1 Å². The predicted molar refractivity (Wildman–Crippen MR) is 131 cm³/mol. The van der Waals surface area contributed by atoms with Crippen LogP contribution in [0.3, 0.4) is 0 Å². The molecule has 3 heteroatoms. The Hall–Kier alpha value is -2.52. The summed E-state index contributed by atoms with van der Waals surface area (Å²) < 4.78 is 6.17. The highest BCUT2D eigenvalue weighted by Gasteiger charge is 2.32. The maximum absolute atomic E-state index is 11.0. The van der Waals surface area contributed by atoms with E-state index in [2.05, 4.69) is 12.1 Å². The van der Waals surface area contributed by atoms with Crippen LogP contribution in [0, 0.1) is 0 Å². The molecule has 30 heavy (non-hydrogen) atoms. The van der Waals surface area contributed by atoms with Crippen molar-refractivity contribution >= 4 is 24.7 Å². The molecule has 0 aromatic heterocycles. The molecule has 1 atom stereocenters. The first-order chi connectivity index (χ1) is 14.3. The van der Waals surface area contributed by atoms with Crippen molar-refractivity contribution in [1.29, 1.82) is 0 Å². The zero-order valence-electron chi connectivity index (χ0n) is 19.3. The van der Waals surface area contributed by atoms with Crippen LogP contribution in [0.5, 0.6) is 5.75 Å². The Kier molecular flexibility index (Phi) is 7.55. The van der Waals surface area contributed by atoms with Gasteiger partial charge in [0.1, 0.15) is 13.6 Å². The van der Waals surface area contributed by atoms with Crippen molar-refractivity contribution in [1.82, 2.24) is 0 Å². The summed E-state index contributed by atoms with van der Waals surface area (Å²) in [7, 11) is 6.24. The molecule has 3 aromatic carbocycles. The molecular weight excluding hydrogens is 367 g/mol. The summed E-state index contributed by atoms with van der Waals surface area (Å²) >= 11 is 0. The van der Waals surface area contributed by atoms with Crippen LogP contribution in [-0.2, 0) is 5.60 Å². The van der Waals surface area contributed by atoms with Gasteiger partial charge in [-0.25, -0.2) is 0 Å². The van der Waals surface area contributed by atoms with Gasteiger partial charge in [-0.1, -0.05) is 94.4 Å². The largest absolute Gasteiger partial charge is 0.492 e. The monoisotopic (exact) mass is 400 g/mol. The molecule has 156 valence electrons. The molecule has 2 nitrogen and oxygen atoms in total. The standard InChI is InChI=1S/C23H21BO2.2C2H6/c1-22(2,25)20-16-11-7-8-12-17(16)21-18(13-14-23(3,24)26-21)19(20)15-9-5-4-6-10-15;2*1-2/h4-14,25H,1-3H3;2*1-2H3. The fourth-order valence-electron chi connectivity index (χ4n) is 3.74. The van der Waals surface area contributed by atoms with E-state index in [4.69, 9.17) is 12.6 Å². The lowest BCUT2D eigenvalue weighted by Crippen LogP contribution is -2.32. The van der Waals surface area contributed by atoms with Gasteiger partial charge >= 0.3 is 0 Å². The van der Waals surface area contributed by atoms with Crippen molar-refractivity contribution in [2.45, 2.75) is 59.6 Å². The summed E-state index contributed by atoms with van der Waals surface area (Å²) in [6.45, 7) is 13.5. The Bertz CT molecular complexity index is 1010. The second-order valence-corrected chi connectivity index (χ2v) is 7.58. The molecule has 1 aliphatic rings. The first kappa shape index (κ1) is 23.8. The smallest absolute Gasteiger partial charge is 0.137 e. The fourth-order valence-corrected chi connectivity index (χ4v) is 3.74. The van der Waals surface area contributed by atoms with Crippen molar-refractivity contribution in [2.24, 2.45) is 0 Å². The summed E-state index contributed by atoms with van der Waals surface area (Å²) in [5.41, 5.74) is 2.00. The van der Waals surface area contributed by atoms with Crippen molar-refractivity contribution in [3.05, 3.63) is 71.8 Å². The summed E-state index contributed by atoms with van der Waals surface area (Å²) in [4.78, 5) is 0. The van der Waals surface area contributed by atoms with E-state index in [1.54, 1.807) is 0 Å². The molecule has 0 amide bonds. The number of fused-ring (bicyclic) bond motifs is 3. The van der Waals surface area contributed by atoms with Gasteiger partial charge in [0.15, 0.2) is 0 Å². The molecule has 1 aliphatic heterocycles. The van der Waals surface area contributed by atoms with E-state index in [1.165, 1.54) is 0 Å². The van der Waals surface area contributed by atoms with Gasteiger partial charge in [0.25, 0.3) is 0 Å². The molecule has 0 saturated heterocycles. The number of rotatable bonds is 2. The molecule has 0 aliphatic carbocycles. The molecule has 1 N–H and O–H groups in total. The zero-order chi connectivity index (χ0) is 22.5. The second kappa shape index (κ2) is 9.53.